The van der Waals surface area contributed by atoms with Crippen LogP contribution in [0.5, 0.6) is 5.88 Å². The molecule has 1 aromatic heterocycles. The lowest BCUT2D eigenvalue weighted by Crippen LogP contribution is -2.30. The number of rotatable bonds is 5. The Balaban J connectivity index is 2.12. The molecular formula is C13H15BrN4O. The van der Waals surface area contributed by atoms with Gasteiger partial charge >= 0.3 is 0 Å². The van der Waals surface area contributed by atoms with E-state index in [1.54, 1.807) is 13.2 Å². The first-order chi connectivity index (χ1) is 9.22. The van der Waals surface area contributed by atoms with Crippen molar-refractivity contribution < 1.29 is 4.74 Å². The minimum Gasteiger partial charge on any atom is -0.480 e. The molecule has 0 radical (unpaired) electrons. The smallest absolute Gasteiger partial charge is 0.233 e. The summed E-state index contributed by atoms with van der Waals surface area (Å²) < 4.78 is 6.04. The third-order valence-electron chi connectivity index (χ3n) is 2.78. The molecule has 0 aliphatic rings. The predicted molar refractivity (Wildman–Crippen MR) is 76.5 cm³/mol. The number of methoxy groups -OCH3 is 1. The number of hydrogen-bond donors (Lipinski definition) is 2. The van der Waals surface area contributed by atoms with Gasteiger partial charge in [-0.1, -0.05) is 28.1 Å². The first-order valence-electron chi connectivity index (χ1n) is 5.81. The lowest BCUT2D eigenvalue weighted by atomic mass is 10.0. The normalized spacial score (nSPS) is 12.2. The van der Waals surface area contributed by atoms with Crippen molar-refractivity contribution >= 4 is 15.9 Å². The van der Waals surface area contributed by atoms with Gasteiger partial charge in [0.15, 0.2) is 0 Å². The molecule has 1 atom stereocenters. The van der Waals surface area contributed by atoms with Crippen molar-refractivity contribution in [2.24, 2.45) is 5.84 Å². The molecule has 0 saturated heterocycles. The SMILES string of the molecule is COc1ccc(C(Cc2ccc(Br)cc2)NN)nn1. The molecule has 100 valence electrons. The maximum atomic E-state index is 5.59. The summed E-state index contributed by atoms with van der Waals surface area (Å²) in [7, 11) is 1.56. The monoisotopic (exact) mass is 322 g/mol. The number of hydrazine groups is 1. The van der Waals surface area contributed by atoms with E-state index in [1.165, 1.54) is 5.56 Å². The zero-order chi connectivity index (χ0) is 13.7. The average Bonchev–Trinajstić information content (AvgIpc) is 2.47. The van der Waals surface area contributed by atoms with Crippen molar-refractivity contribution in [2.75, 3.05) is 7.11 Å². The molecule has 1 heterocycles. The maximum Gasteiger partial charge on any atom is 0.233 e. The molecule has 3 N–H and O–H groups in total. The number of nitrogens with one attached hydrogen (secondary N) is 1. The van der Waals surface area contributed by atoms with Crippen LogP contribution in [0.25, 0.3) is 0 Å². The Morgan fingerprint density at radius 2 is 1.95 bits per heavy atom. The van der Waals surface area contributed by atoms with E-state index < -0.39 is 0 Å². The summed E-state index contributed by atoms with van der Waals surface area (Å²) in [6.07, 6.45) is 0.741. The minimum absolute atomic E-state index is 0.0837. The van der Waals surface area contributed by atoms with E-state index in [1.807, 2.05) is 30.3 Å². The fourth-order valence-electron chi connectivity index (χ4n) is 1.73. The van der Waals surface area contributed by atoms with Gasteiger partial charge in [0.2, 0.25) is 5.88 Å². The van der Waals surface area contributed by atoms with E-state index in [-0.39, 0.29) is 6.04 Å². The van der Waals surface area contributed by atoms with E-state index in [9.17, 15) is 0 Å². The Kier molecular flexibility index (Phi) is 4.84. The molecule has 2 rings (SSSR count). The van der Waals surface area contributed by atoms with Crippen LogP contribution in [-0.2, 0) is 6.42 Å². The molecule has 1 aromatic carbocycles. The highest BCUT2D eigenvalue weighted by atomic mass is 79.9. The van der Waals surface area contributed by atoms with Crippen LogP contribution < -0.4 is 16.0 Å². The number of hydrogen-bond acceptors (Lipinski definition) is 5. The summed E-state index contributed by atoms with van der Waals surface area (Å²) in [5, 5.41) is 8.05. The highest BCUT2D eigenvalue weighted by Gasteiger charge is 2.13. The van der Waals surface area contributed by atoms with Crippen LogP contribution >= 0.6 is 15.9 Å². The van der Waals surface area contributed by atoms with E-state index in [4.69, 9.17) is 10.6 Å². The summed E-state index contributed by atoms with van der Waals surface area (Å²) in [4.78, 5) is 0. The molecule has 0 spiro atoms. The van der Waals surface area contributed by atoms with Crippen molar-refractivity contribution in [1.29, 1.82) is 0 Å². The summed E-state index contributed by atoms with van der Waals surface area (Å²) in [6.45, 7) is 0. The molecular weight excluding hydrogens is 308 g/mol. The second-order valence-corrected chi connectivity index (χ2v) is 4.97. The molecule has 6 heteroatoms. The minimum atomic E-state index is -0.0837. The Morgan fingerprint density at radius 3 is 2.47 bits per heavy atom. The van der Waals surface area contributed by atoms with E-state index in [0.29, 0.717) is 5.88 Å². The third-order valence-corrected chi connectivity index (χ3v) is 3.31. The van der Waals surface area contributed by atoms with Crippen molar-refractivity contribution in [3.8, 4) is 5.88 Å². The van der Waals surface area contributed by atoms with Crippen LogP contribution in [0, 0.1) is 0 Å². The Bertz CT molecular complexity index is 515. The second kappa shape index (κ2) is 6.60. The molecule has 0 bridgehead atoms. The van der Waals surface area contributed by atoms with Crippen LogP contribution in [0.15, 0.2) is 40.9 Å². The van der Waals surface area contributed by atoms with Crippen LogP contribution in [-0.4, -0.2) is 17.3 Å². The summed E-state index contributed by atoms with van der Waals surface area (Å²) in [6, 6.07) is 11.6. The first kappa shape index (κ1) is 13.9. The Hall–Kier alpha value is -1.50. The molecule has 1 unspecified atom stereocenters. The van der Waals surface area contributed by atoms with Crippen LogP contribution in [0.1, 0.15) is 17.3 Å². The van der Waals surface area contributed by atoms with Crippen LogP contribution in [0.3, 0.4) is 0 Å². The van der Waals surface area contributed by atoms with Crippen molar-refractivity contribution in [2.45, 2.75) is 12.5 Å². The molecule has 0 aliphatic heterocycles. The molecule has 0 saturated carbocycles. The Morgan fingerprint density at radius 1 is 1.21 bits per heavy atom. The largest absolute Gasteiger partial charge is 0.480 e. The maximum absolute atomic E-state index is 5.59. The molecule has 0 amide bonds. The number of ether oxygens (including phenoxy) is 1. The molecule has 0 fully saturated rings. The fraction of sp³-hybridized carbons (Fsp3) is 0.231. The van der Waals surface area contributed by atoms with Gasteiger partial charge in [-0.25, -0.2) is 0 Å². The zero-order valence-electron chi connectivity index (χ0n) is 10.5. The van der Waals surface area contributed by atoms with E-state index in [2.05, 4.69) is 31.6 Å². The van der Waals surface area contributed by atoms with Gasteiger partial charge in [0.05, 0.1) is 18.8 Å². The quantitative estimate of drug-likeness (QED) is 0.650. The molecule has 0 aliphatic carbocycles. The van der Waals surface area contributed by atoms with Gasteiger partial charge in [0.1, 0.15) is 0 Å². The number of nitrogens with zero attached hydrogens (tertiary/aromatic N) is 2. The highest BCUT2D eigenvalue weighted by molar-refractivity contribution is 9.10. The van der Waals surface area contributed by atoms with Gasteiger partial charge in [-0.05, 0) is 30.2 Å². The predicted octanol–water partition coefficient (Wildman–Crippen LogP) is 1.99. The van der Waals surface area contributed by atoms with E-state index in [0.717, 1.165) is 16.6 Å². The average molecular weight is 323 g/mol. The number of benzene rings is 1. The molecule has 19 heavy (non-hydrogen) atoms. The summed E-state index contributed by atoms with van der Waals surface area (Å²) in [5.41, 5.74) is 4.72. The highest BCUT2D eigenvalue weighted by Crippen LogP contribution is 2.18. The van der Waals surface area contributed by atoms with Gasteiger partial charge in [0, 0.05) is 10.5 Å². The topological polar surface area (TPSA) is 73.1 Å². The Labute approximate surface area is 120 Å². The van der Waals surface area contributed by atoms with Gasteiger partial charge in [-0.2, -0.15) is 5.10 Å². The van der Waals surface area contributed by atoms with Crippen LogP contribution in [0.2, 0.25) is 0 Å². The summed E-state index contributed by atoms with van der Waals surface area (Å²) in [5.74, 6) is 6.08. The number of halogens is 1. The second-order valence-electron chi connectivity index (χ2n) is 4.05. The lowest BCUT2D eigenvalue weighted by Gasteiger charge is -2.15. The van der Waals surface area contributed by atoms with Crippen LogP contribution in [0.4, 0.5) is 0 Å². The van der Waals surface area contributed by atoms with Crippen molar-refractivity contribution in [3.63, 3.8) is 0 Å². The van der Waals surface area contributed by atoms with Crippen molar-refractivity contribution in [3.05, 3.63) is 52.1 Å². The van der Waals surface area contributed by atoms with E-state index >= 15 is 0 Å². The standard InChI is InChI=1S/C13H15BrN4O/c1-19-13-7-6-11(17-18-13)12(16-15)8-9-2-4-10(14)5-3-9/h2-7,12,16H,8,15H2,1H3. The van der Waals surface area contributed by atoms with Gasteiger partial charge in [-0.3, -0.25) is 11.3 Å². The number of aromatic nitrogens is 2. The fourth-order valence-corrected chi connectivity index (χ4v) is 1.99. The molecule has 2 aromatic rings. The van der Waals surface area contributed by atoms with Gasteiger partial charge in [0.25, 0.3) is 0 Å². The lowest BCUT2D eigenvalue weighted by molar-refractivity contribution is 0.389. The van der Waals surface area contributed by atoms with Crippen molar-refractivity contribution in [1.82, 2.24) is 15.6 Å². The first-order valence-corrected chi connectivity index (χ1v) is 6.60. The third kappa shape index (κ3) is 3.73. The zero-order valence-corrected chi connectivity index (χ0v) is 12.1. The summed E-state index contributed by atoms with van der Waals surface area (Å²) >= 11 is 3.41. The molecule has 5 nitrogen and oxygen atoms in total. The van der Waals surface area contributed by atoms with Gasteiger partial charge in [-0.15, -0.1) is 5.10 Å². The van der Waals surface area contributed by atoms with Gasteiger partial charge < -0.3 is 4.74 Å². The number of nitrogens with two attached hydrogens (primary N) is 1.